The number of allylic oxidation sites excluding steroid dienone is 2. The molecular formula is C28H27Cl2F3N2O3. The molecule has 5 nitrogen and oxygen atoms in total. The first-order chi connectivity index (χ1) is 17.8. The minimum absolute atomic E-state index is 0.0282. The molecule has 0 spiro atoms. The molecule has 0 aromatic heterocycles. The van der Waals surface area contributed by atoms with Gasteiger partial charge in [-0.05, 0) is 79.5 Å². The molecule has 2 fully saturated rings. The summed E-state index contributed by atoms with van der Waals surface area (Å²) in [7, 11) is 1.74. The van der Waals surface area contributed by atoms with Gasteiger partial charge in [0.2, 0.25) is 0 Å². The van der Waals surface area contributed by atoms with E-state index in [0.717, 1.165) is 16.8 Å². The number of carboxylic acids is 1. The summed E-state index contributed by atoms with van der Waals surface area (Å²) in [6, 6.07) is 5.56. The molecule has 1 amide bonds. The highest BCUT2D eigenvalue weighted by molar-refractivity contribution is 6.38. The van der Waals surface area contributed by atoms with Crippen LogP contribution < -0.4 is 4.90 Å². The van der Waals surface area contributed by atoms with Gasteiger partial charge < -0.3 is 14.9 Å². The number of halogens is 5. The third kappa shape index (κ3) is 4.56. The number of benzene rings is 2. The van der Waals surface area contributed by atoms with E-state index in [1.807, 2.05) is 6.92 Å². The molecule has 1 saturated carbocycles. The Morgan fingerprint density at radius 3 is 2.34 bits per heavy atom. The second-order valence-corrected chi connectivity index (χ2v) is 11.3. The van der Waals surface area contributed by atoms with E-state index in [0.29, 0.717) is 47.8 Å². The minimum Gasteiger partial charge on any atom is -0.481 e. The third-order valence-electron chi connectivity index (χ3n) is 8.31. The number of hydrogen-bond donors (Lipinski definition) is 1. The van der Waals surface area contributed by atoms with Gasteiger partial charge in [0.25, 0.3) is 5.91 Å². The van der Waals surface area contributed by atoms with Gasteiger partial charge in [-0.25, -0.2) is 0 Å². The van der Waals surface area contributed by atoms with Crippen molar-refractivity contribution in [3.8, 4) is 0 Å². The van der Waals surface area contributed by atoms with Gasteiger partial charge in [0.1, 0.15) is 0 Å². The van der Waals surface area contributed by atoms with Gasteiger partial charge in [0.05, 0.1) is 22.1 Å². The molecule has 1 aliphatic carbocycles. The molecule has 1 unspecified atom stereocenters. The van der Waals surface area contributed by atoms with E-state index in [1.54, 1.807) is 35.9 Å². The first-order valence-electron chi connectivity index (χ1n) is 12.4. The number of amides is 1. The molecule has 10 heteroatoms. The number of anilines is 1. The van der Waals surface area contributed by atoms with Crippen LogP contribution in [0.4, 0.5) is 18.9 Å². The van der Waals surface area contributed by atoms with Crippen molar-refractivity contribution in [3.05, 3.63) is 73.4 Å². The molecular weight excluding hydrogens is 540 g/mol. The monoisotopic (exact) mass is 566 g/mol. The summed E-state index contributed by atoms with van der Waals surface area (Å²) in [5.41, 5.74) is 3.84. The Morgan fingerprint density at radius 2 is 1.74 bits per heavy atom. The topological polar surface area (TPSA) is 60.9 Å². The first kappa shape index (κ1) is 26.9. The van der Waals surface area contributed by atoms with E-state index in [4.69, 9.17) is 23.2 Å². The number of carboxylic acid groups (broad SMARTS) is 1. The highest BCUT2D eigenvalue weighted by Gasteiger charge is 2.60. The Balaban J connectivity index is 1.45. The lowest BCUT2D eigenvalue weighted by atomic mass is 9.97. The standard InChI is InChI=1S/C28H27Cl2F3N2O3/c1-13-4-5-16-14(2)8-15(28(31,32)33)9-23(16)34(3)22(13)10-18-21(29)7-6-17(25(18)30)26(36)35-11-19-20(12-35)24(19)27(37)38/h6-9,19-20,24H,4-5,10-12H2,1-3H3,(H,37,38)/t19-,20+,24?. The van der Waals surface area contributed by atoms with Gasteiger partial charge >= 0.3 is 12.1 Å². The van der Waals surface area contributed by atoms with Crippen LogP contribution in [-0.2, 0) is 23.8 Å². The number of carbonyl (C=O) groups is 2. The normalized spacial score (nSPS) is 22.8. The van der Waals surface area contributed by atoms with Crippen LogP contribution in [0.5, 0.6) is 0 Å². The number of rotatable bonds is 4. The van der Waals surface area contributed by atoms with E-state index in [2.05, 4.69) is 0 Å². The summed E-state index contributed by atoms with van der Waals surface area (Å²) in [6.07, 6.45) is -2.96. The van der Waals surface area contributed by atoms with Gasteiger partial charge in [0, 0.05) is 43.0 Å². The Labute approximate surface area is 228 Å². The lowest BCUT2D eigenvalue weighted by molar-refractivity contribution is -0.139. The van der Waals surface area contributed by atoms with Crippen LogP contribution in [0.15, 0.2) is 35.5 Å². The zero-order valence-corrected chi connectivity index (χ0v) is 22.6. The fourth-order valence-corrected chi connectivity index (χ4v) is 6.65. The maximum atomic E-state index is 13.6. The third-order valence-corrected chi connectivity index (χ3v) is 9.10. The van der Waals surface area contributed by atoms with Crippen LogP contribution in [0.2, 0.25) is 10.0 Å². The number of fused-ring (bicyclic) bond motifs is 2. The number of likely N-dealkylation sites (tertiary alicyclic amines) is 1. The number of aryl methyl sites for hydroxylation is 1. The van der Waals surface area contributed by atoms with Gasteiger partial charge in [0.15, 0.2) is 0 Å². The quantitative estimate of drug-likeness (QED) is 0.451. The molecule has 2 aromatic rings. The van der Waals surface area contributed by atoms with Gasteiger partial charge in [-0.3, -0.25) is 9.59 Å². The minimum atomic E-state index is -4.46. The molecule has 2 aliphatic heterocycles. The van der Waals surface area contributed by atoms with E-state index < -0.39 is 17.7 Å². The predicted octanol–water partition coefficient (Wildman–Crippen LogP) is 6.62. The molecule has 202 valence electrons. The van der Waals surface area contributed by atoms with Gasteiger partial charge in [-0.1, -0.05) is 28.8 Å². The second kappa shape index (κ2) is 9.49. The number of piperidine rings is 1. The van der Waals surface area contributed by atoms with Crippen molar-refractivity contribution < 1.29 is 27.9 Å². The Morgan fingerprint density at radius 1 is 1.08 bits per heavy atom. The van der Waals surface area contributed by atoms with Crippen molar-refractivity contribution in [3.63, 3.8) is 0 Å². The van der Waals surface area contributed by atoms with Crippen LogP contribution in [-0.4, -0.2) is 42.0 Å². The number of hydrogen-bond acceptors (Lipinski definition) is 3. The number of nitrogens with zero attached hydrogens (tertiary/aromatic N) is 2. The maximum Gasteiger partial charge on any atom is 0.416 e. The number of aliphatic carboxylic acids is 1. The highest BCUT2D eigenvalue weighted by Crippen LogP contribution is 2.52. The van der Waals surface area contributed by atoms with Crippen LogP contribution in [0.3, 0.4) is 0 Å². The summed E-state index contributed by atoms with van der Waals surface area (Å²) in [6.45, 7) is 4.40. The molecule has 1 saturated heterocycles. The largest absolute Gasteiger partial charge is 0.481 e. The average molecular weight is 567 g/mol. The molecule has 3 atom stereocenters. The molecule has 38 heavy (non-hydrogen) atoms. The van der Waals surface area contributed by atoms with Crippen LogP contribution in [0.1, 0.15) is 46.0 Å². The van der Waals surface area contributed by atoms with Crippen molar-refractivity contribution in [2.45, 2.75) is 39.3 Å². The number of carbonyl (C=O) groups excluding carboxylic acids is 1. The lowest BCUT2D eigenvalue weighted by Crippen LogP contribution is -2.33. The molecule has 2 aromatic carbocycles. The van der Waals surface area contributed by atoms with Gasteiger partial charge in [-0.2, -0.15) is 13.2 Å². The maximum absolute atomic E-state index is 13.6. The summed E-state index contributed by atoms with van der Waals surface area (Å²) >= 11 is 13.3. The molecule has 1 N–H and O–H groups in total. The smallest absolute Gasteiger partial charge is 0.416 e. The van der Waals surface area contributed by atoms with Crippen LogP contribution >= 0.6 is 23.2 Å². The zero-order valence-electron chi connectivity index (χ0n) is 21.1. The second-order valence-electron chi connectivity index (χ2n) is 10.5. The summed E-state index contributed by atoms with van der Waals surface area (Å²) in [4.78, 5) is 28.0. The Kier molecular flexibility index (Phi) is 6.71. The van der Waals surface area contributed by atoms with Crippen LogP contribution in [0, 0.1) is 24.7 Å². The Hall–Kier alpha value is -2.71. The van der Waals surface area contributed by atoms with Crippen LogP contribution in [0.25, 0.3) is 0 Å². The fourth-order valence-electron chi connectivity index (χ4n) is 6.07. The van der Waals surface area contributed by atoms with E-state index >= 15 is 0 Å². The van der Waals surface area contributed by atoms with E-state index in [1.165, 1.54) is 12.1 Å². The molecule has 2 heterocycles. The van der Waals surface area contributed by atoms with Crippen molar-refractivity contribution in [1.29, 1.82) is 0 Å². The predicted molar refractivity (Wildman–Crippen MR) is 140 cm³/mol. The summed E-state index contributed by atoms with van der Waals surface area (Å²) < 4.78 is 40.8. The molecule has 0 bridgehead atoms. The number of likely N-dealkylation sites (N-methyl/N-ethyl adjacent to an activating group) is 1. The fraction of sp³-hybridized carbons (Fsp3) is 0.429. The summed E-state index contributed by atoms with van der Waals surface area (Å²) in [5.74, 6) is -1.55. The summed E-state index contributed by atoms with van der Waals surface area (Å²) in [5, 5.41) is 9.82. The van der Waals surface area contributed by atoms with E-state index in [9.17, 15) is 27.9 Å². The van der Waals surface area contributed by atoms with Crippen molar-refractivity contribution in [1.82, 2.24) is 4.90 Å². The molecule has 5 rings (SSSR count). The Bertz CT molecular complexity index is 1380. The molecule has 0 radical (unpaired) electrons. The van der Waals surface area contributed by atoms with Crippen molar-refractivity contribution >= 4 is 40.8 Å². The first-order valence-corrected chi connectivity index (χ1v) is 13.2. The SMILES string of the molecule is CC1=C(Cc2c(Cl)ccc(C(=O)N3C[C@@H]4C(C(=O)O)[C@@H]4C3)c2Cl)N(C)c2cc(C(F)(F)F)cc(C)c2CC1. The average Bonchev–Trinajstić information content (AvgIpc) is 3.39. The van der Waals surface area contributed by atoms with Crippen molar-refractivity contribution in [2.75, 3.05) is 25.0 Å². The highest BCUT2D eigenvalue weighted by atomic mass is 35.5. The van der Waals surface area contributed by atoms with Gasteiger partial charge in [-0.15, -0.1) is 0 Å². The lowest BCUT2D eigenvalue weighted by Gasteiger charge is -2.27. The molecule has 3 aliphatic rings. The van der Waals surface area contributed by atoms with Crippen molar-refractivity contribution in [2.24, 2.45) is 17.8 Å². The zero-order chi connectivity index (χ0) is 27.7. The number of alkyl halides is 3. The van der Waals surface area contributed by atoms with E-state index in [-0.39, 0.29) is 40.7 Å².